The number of hydrogen-bond acceptors (Lipinski definition) is 5. The summed E-state index contributed by atoms with van der Waals surface area (Å²) < 4.78 is 10.1. The van der Waals surface area contributed by atoms with Crippen LogP contribution in [-0.4, -0.2) is 31.2 Å². The molecule has 5 nitrogen and oxygen atoms in total. The van der Waals surface area contributed by atoms with Crippen LogP contribution >= 0.6 is 0 Å². The quantitative estimate of drug-likeness (QED) is 0.863. The van der Waals surface area contributed by atoms with Gasteiger partial charge in [-0.05, 0) is 25.3 Å². The number of esters is 2. The molecule has 1 aromatic carbocycles. The average molecular weight is 305 g/mol. The predicted octanol–water partition coefficient (Wildman–Crippen LogP) is 2.08. The first-order chi connectivity index (χ1) is 10.5. The maximum atomic E-state index is 12.4. The van der Waals surface area contributed by atoms with Gasteiger partial charge < -0.3 is 9.47 Å². The van der Waals surface area contributed by atoms with Crippen molar-refractivity contribution >= 4 is 11.9 Å². The second kappa shape index (κ2) is 6.48. The van der Waals surface area contributed by atoms with Crippen LogP contribution in [-0.2, 0) is 19.1 Å². The van der Waals surface area contributed by atoms with Gasteiger partial charge in [0.1, 0.15) is 5.54 Å². The molecular weight excluding hydrogens is 282 g/mol. The molecule has 22 heavy (non-hydrogen) atoms. The number of carbonyl (C=O) groups excluding carboxylic acids is 2. The van der Waals surface area contributed by atoms with Gasteiger partial charge in [-0.2, -0.15) is 0 Å². The maximum absolute atomic E-state index is 12.4. The number of hydrogen-bond donors (Lipinski definition) is 1. The first-order valence-corrected chi connectivity index (χ1v) is 7.53. The molecule has 1 aliphatic rings. The lowest BCUT2D eigenvalue weighted by Crippen LogP contribution is -2.50. The summed E-state index contributed by atoms with van der Waals surface area (Å²) in [4.78, 5) is 24.6. The summed E-state index contributed by atoms with van der Waals surface area (Å²) in [6, 6.07) is 9.36. The van der Waals surface area contributed by atoms with Crippen LogP contribution in [0.15, 0.2) is 30.3 Å². The third kappa shape index (κ3) is 2.73. The summed E-state index contributed by atoms with van der Waals surface area (Å²) in [5, 5.41) is 3.30. The molecule has 0 saturated carbocycles. The molecule has 0 radical (unpaired) electrons. The van der Waals surface area contributed by atoms with Crippen molar-refractivity contribution in [3.63, 3.8) is 0 Å². The molecule has 0 aromatic heterocycles. The highest BCUT2D eigenvalue weighted by Gasteiger charge is 2.56. The Hall–Kier alpha value is -1.88. The van der Waals surface area contributed by atoms with E-state index < -0.39 is 11.5 Å². The van der Waals surface area contributed by atoms with Crippen LogP contribution in [0.2, 0.25) is 0 Å². The Morgan fingerprint density at radius 2 is 1.91 bits per heavy atom. The molecule has 0 unspecified atom stereocenters. The third-order valence-corrected chi connectivity index (χ3v) is 4.59. The molecule has 4 atom stereocenters. The molecule has 5 heteroatoms. The molecule has 1 aromatic rings. The Morgan fingerprint density at radius 3 is 2.45 bits per heavy atom. The van der Waals surface area contributed by atoms with E-state index in [1.54, 1.807) is 13.8 Å². The van der Waals surface area contributed by atoms with E-state index in [4.69, 9.17) is 9.47 Å². The summed E-state index contributed by atoms with van der Waals surface area (Å²) in [7, 11) is 1.36. The van der Waals surface area contributed by atoms with Gasteiger partial charge in [-0.15, -0.1) is 0 Å². The standard InChI is InChI=1S/C17H23NO4/c1-5-22-15(19)13-11(2)17(3,16(20)21-4)18-14(13)12-9-7-6-8-10-12/h6-11,13-14,18H,5H2,1-4H3/t11-,13-,14-,17-/m1/s1. The maximum Gasteiger partial charge on any atom is 0.326 e. The van der Waals surface area contributed by atoms with E-state index in [-0.39, 0.29) is 23.9 Å². The van der Waals surface area contributed by atoms with Crippen LogP contribution in [0.25, 0.3) is 0 Å². The SMILES string of the molecule is CCOC(=O)[C@H]1[C@@H](c2ccccc2)N[C@@](C)(C(=O)OC)[C@@H]1C. The molecule has 0 amide bonds. The van der Waals surface area contributed by atoms with Gasteiger partial charge in [-0.1, -0.05) is 37.3 Å². The van der Waals surface area contributed by atoms with Crippen molar-refractivity contribution < 1.29 is 19.1 Å². The highest BCUT2D eigenvalue weighted by molar-refractivity contribution is 5.84. The normalized spacial score (nSPS) is 30.8. The van der Waals surface area contributed by atoms with Crippen LogP contribution in [0.3, 0.4) is 0 Å². The van der Waals surface area contributed by atoms with Gasteiger partial charge in [0.25, 0.3) is 0 Å². The zero-order valence-electron chi connectivity index (χ0n) is 13.5. The van der Waals surface area contributed by atoms with Crippen LogP contribution in [0.5, 0.6) is 0 Å². The average Bonchev–Trinajstić information content (AvgIpc) is 2.81. The minimum Gasteiger partial charge on any atom is -0.468 e. The summed E-state index contributed by atoms with van der Waals surface area (Å²) in [5.41, 5.74) is 0.0344. The Kier molecular flexibility index (Phi) is 4.86. The molecule has 0 spiro atoms. The van der Waals surface area contributed by atoms with Gasteiger partial charge in [0.15, 0.2) is 0 Å². The van der Waals surface area contributed by atoms with E-state index in [0.717, 1.165) is 5.56 Å². The van der Waals surface area contributed by atoms with Crippen molar-refractivity contribution in [2.24, 2.45) is 11.8 Å². The van der Waals surface area contributed by atoms with Gasteiger partial charge >= 0.3 is 11.9 Å². The molecule has 0 bridgehead atoms. The molecule has 0 aliphatic carbocycles. The van der Waals surface area contributed by atoms with E-state index in [9.17, 15) is 9.59 Å². The molecule has 1 N–H and O–H groups in total. The highest BCUT2D eigenvalue weighted by atomic mass is 16.5. The molecule has 2 rings (SSSR count). The third-order valence-electron chi connectivity index (χ3n) is 4.59. The van der Waals surface area contributed by atoms with Crippen LogP contribution in [0, 0.1) is 11.8 Å². The zero-order chi connectivity index (χ0) is 16.3. The second-order valence-corrected chi connectivity index (χ2v) is 5.79. The Balaban J connectivity index is 2.41. The molecule has 1 heterocycles. The first kappa shape index (κ1) is 16.5. The molecule has 120 valence electrons. The minimum atomic E-state index is -0.924. The van der Waals surface area contributed by atoms with Crippen LogP contribution in [0.4, 0.5) is 0 Å². The predicted molar refractivity (Wildman–Crippen MR) is 82.0 cm³/mol. The van der Waals surface area contributed by atoms with Crippen molar-refractivity contribution in [2.45, 2.75) is 32.4 Å². The largest absolute Gasteiger partial charge is 0.468 e. The van der Waals surface area contributed by atoms with Gasteiger partial charge in [0.2, 0.25) is 0 Å². The molecule has 1 fully saturated rings. The van der Waals surface area contributed by atoms with E-state index in [0.29, 0.717) is 6.61 Å². The van der Waals surface area contributed by atoms with Gasteiger partial charge in [0, 0.05) is 6.04 Å². The summed E-state index contributed by atoms with van der Waals surface area (Å²) in [6.07, 6.45) is 0. The van der Waals surface area contributed by atoms with Gasteiger partial charge in [-0.3, -0.25) is 14.9 Å². The monoisotopic (exact) mass is 305 g/mol. The fourth-order valence-corrected chi connectivity index (χ4v) is 3.18. The Bertz CT molecular complexity index is 545. The lowest BCUT2D eigenvalue weighted by Gasteiger charge is -2.27. The number of ether oxygens (including phenoxy) is 2. The zero-order valence-corrected chi connectivity index (χ0v) is 13.5. The van der Waals surface area contributed by atoms with Crippen molar-refractivity contribution in [2.75, 3.05) is 13.7 Å². The molecule has 1 aliphatic heterocycles. The molecule has 1 saturated heterocycles. The number of nitrogens with one attached hydrogen (secondary N) is 1. The van der Waals surface area contributed by atoms with Crippen molar-refractivity contribution in [1.29, 1.82) is 0 Å². The van der Waals surface area contributed by atoms with E-state index >= 15 is 0 Å². The Labute approximate surface area is 131 Å². The van der Waals surface area contributed by atoms with E-state index in [2.05, 4.69) is 5.32 Å². The van der Waals surface area contributed by atoms with Crippen molar-refractivity contribution in [1.82, 2.24) is 5.32 Å². The smallest absolute Gasteiger partial charge is 0.326 e. The van der Waals surface area contributed by atoms with Crippen molar-refractivity contribution in [3.8, 4) is 0 Å². The fourth-order valence-electron chi connectivity index (χ4n) is 3.18. The van der Waals surface area contributed by atoms with E-state index in [1.165, 1.54) is 7.11 Å². The Morgan fingerprint density at radius 1 is 1.27 bits per heavy atom. The summed E-state index contributed by atoms with van der Waals surface area (Å²) in [6.45, 7) is 5.76. The van der Waals surface area contributed by atoms with Crippen LogP contribution in [0.1, 0.15) is 32.4 Å². The summed E-state index contributed by atoms with van der Waals surface area (Å²) >= 11 is 0. The molecular formula is C17H23NO4. The number of rotatable bonds is 4. The number of benzene rings is 1. The van der Waals surface area contributed by atoms with Crippen molar-refractivity contribution in [3.05, 3.63) is 35.9 Å². The lowest BCUT2D eigenvalue weighted by molar-refractivity contribution is -0.152. The summed E-state index contributed by atoms with van der Waals surface area (Å²) in [5.74, 6) is -1.34. The second-order valence-electron chi connectivity index (χ2n) is 5.79. The van der Waals surface area contributed by atoms with Gasteiger partial charge in [-0.25, -0.2) is 0 Å². The van der Waals surface area contributed by atoms with Gasteiger partial charge in [0.05, 0.1) is 19.6 Å². The topological polar surface area (TPSA) is 64.6 Å². The fraction of sp³-hybridized carbons (Fsp3) is 0.529. The lowest BCUT2D eigenvalue weighted by atomic mass is 9.80. The number of methoxy groups -OCH3 is 1. The first-order valence-electron chi connectivity index (χ1n) is 7.53. The minimum absolute atomic E-state index is 0.246. The van der Waals surface area contributed by atoms with E-state index in [1.807, 2.05) is 37.3 Å². The van der Waals surface area contributed by atoms with Crippen LogP contribution < -0.4 is 5.32 Å². The highest BCUT2D eigenvalue weighted by Crippen LogP contribution is 2.43. The number of carbonyl (C=O) groups is 2.